The van der Waals surface area contributed by atoms with Crippen LogP contribution in [0.1, 0.15) is 44.5 Å². The molecule has 5 aromatic rings. The van der Waals surface area contributed by atoms with Crippen molar-refractivity contribution in [3.8, 4) is 33.1 Å². The summed E-state index contributed by atoms with van der Waals surface area (Å²) in [6.45, 7) is 11.8. The van der Waals surface area contributed by atoms with Crippen LogP contribution >= 0.6 is 11.3 Å². The van der Waals surface area contributed by atoms with E-state index in [0.29, 0.717) is 29.1 Å². The van der Waals surface area contributed by atoms with Gasteiger partial charge in [0.15, 0.2) is 5.65 Å². The zero-order chi connectivity index (χ0) is 27.4. The first kappa shape index (κ1) is 26.7. The third kappa shape index (κ3) is 5.76. The van der Waals surface area contributed by atoms with Crippen LogP contribution in [0, 0.1) is 0 Å². The molecule has 0 fully saturated rings. The number of fused-ring (bicyclic) bond motifs is 1. The van der Waals surface area contributed by atoms with Gasteiger partial charge >= 0.3 is 0 Å². The highest BCUT2D eigenvalue weighted by Crippen LogP contribution is 2.29. The highest BCUT2D eigenvalue weighted by Gasteiger charge is 2.18. The van der Waals surface area contributed by atoms with E-state index in [1.165, 1.54) is 0 Å². The lowest BCUT2D eigenvalue weighted by Gasteiger charge is -2.26. The monoisotopic (exact) mass is 542 g/mol. The maximum atomic E-state index is 13.4. The minimum Gasteiger partial charge on any atom is -0.350 e. The van der Waals surface area contributed by atoms with Crippen molar-refractivity contribution >= 4 is 22.9 Å². The van der Waals surface area contributed by atoms with Gasteiger partial charge < -0.3 is 5.32 Å². The van der Waals surface area contributed by atoms with Crippen LogP contribution in [-0.4, -0.2) is 65.8 Å². The molecular weight excluding hydrogens is 508 g/mol. The van der Waals surface area contributed by atoms with Crippen LogP contribution in [0.15, 0.2) is 60.5 Å². The molecule has 0 radical (unpaired) electrons. The van der Waals surface area contributed by atoms with Gasteiger partial charge in [0.2, 0.25) is 0 Å². The Bertz CT molecular complexity index is 1550. The van der Waals surface area contributed by atoms with E-state index in [0.717, 1.165) is 47.8 Å². The molecular formula is C29H34N8OS. The summed E-state index contributed by atoms with van der Waals surface area (Å²) in [6.07, 6.45) is 8.42. The topological polar surface area (TPSA) is 93.2 Å². The van der Waals surface area contributed by atoms with Gasteiger partial charge in [0, 0.05) is 42.7 Å². The Morgan fingerprint density at radius 1 is 1.05 bits per heavy atom. The summed E-state index contributed by atoms with van der Waals surface area (Å²) >= 11 is 1.64. The number of nitrogens with one attached hydrogen (secondary N) is 1. The molecule has 5 heterocycles. The van der Waals surface area contributed by atoms with Crippen molar-refractivity contribution in [1.29, 1.82) is 0 Å². The molecule has 0 aromatic carbocycles. The SMILES string of the molecule is CCCn1cc(-c2cc(C(=O)NC[C@H](C)N(CC)CC)cc(-c3cnn4ccc(-c5cccs5)nc34)n2)cn1. The van der Waals surface area contributed by atoms with Crippen molar-refractivity contribution in [3.05, 3.63) is 66.1 Å². The highest BCUT2D eigenvalue weighted by molar-refractivity contribution is 7.13. The molecule has 39 heavy (non-hydrogen) atoms. The largest absolute Gasteiger partial charge is 0.350 e. The number of amides is 1. The van der Waals surface area contributed by atoms with Crippen LogP contribution < -0.4 is 5.32 Å². The van der Waals surface area contributed by atoms with Crippen molar-refractivity contribution in [1.82, 2.24) is 39.6 Å². The second kappa shape index (κ2) is 11.9. The minimum absolute atomic E-state index is 0.136. The number of nitrogens with zero attached hydrogens (tertiary/aromatic N) is 7. The molecule has 0 unspecified atom stereocenters. The van der Waals surface area contributed by atoms with Crippen molar-refractivity contribution in [3.63, 3.8) is 0 Å². The minimum atomic E-state index is -0.136. The lowest BCUT2D eigenvalue weighted by molar-refractivity contribution is 0.0938. The predicted molar refractivity (Wildman–Crippen MR) is 156 cm³/mol. The molecule has 0 aliphatic rings. The van der Waals surface area contributed by atoms with Gasteiger partial charge in [-0.2, -0.15) is 10.2 Å². The Kier molecular flexibility index (Phi) is 8.13. The smallest absolute Gasteiger partial charge is 0.251 e. The molecule has 0 aliphatic heterocycles. The number of rotatable bonds is 11. The maximum absolute atomic E-state index is 13.4. The first-order valence-electron chi connectivity index (χ1n) is 13.5. The zero-order valence-corrected chi connectivity index (χ0v) is 23.6. The molecule has 1 atom stereocenters. The Balaban J connectivity index is 1.54. The van der Waals surface area contributed by atoms with Gasteiger partial charge in [-0.05, 0) is 56.1 Å². The summed E-state index contributed by atoms with van der Waals surface area (Å²) in [5, 5.41) is 14.2. The van der Waals surface area contributed by atoms with E-state index in [9.17, 15) is 4.79 Å². The molecule has 1 N–H and O–H groups in total. The van der Waals surface area contributed by atoms with E-state index in [4.69, 9.17) is 9.97 Å². The standard InChI is InChI=1S/C29H34N8OS/c1-5-11-36-19-22(17-31-36)25-14-21(29(38)30-16-20(4)35(6-2)7-3)15-26(33-25)23-18-32-37-12-10-24(34-28(23)37)27-9-8-13-39-27/h8-10,12-15,17-20H,5-7,11,16H2,1-4H3,(H,30,38)/t20-/m0/s1. The number of thiophene rings is 1. The molecule has 0 spiro atoms. The second-order valence-electron chi connectivity index (χ2n) is 9.52. The van der Waals surface area contributed by atoms with Crippen LogP contribution in [-0.2, 0) is 6.54 Å². The van der Waals surface area contributed by atoms with Crippen LogP contribution in [0.25, 0.3) is 38.7 Å². The first-order valence-corrected chi connectivity index (χ1v) is 14.3. The molecule has 1 amide bonds. The average Bonchev–Trinajstić information content (AvgIpc) is 3.73. The summed E-state index contributed by atoms with van der Waals surface area (Å²) in [6, 6.07) is 9.92. The summed E-state index contributed by atoms with van der Waals surface area (Å²) in [5.74, 6) is -0.136. The van der Waals surface area contributed by atoms with Gasteiger partial charge in [0.1, 0.15) is 0 Å². The van der Waals surface area contributed by atoms with Crippen LogP contribution in [0.5, 0.6) is 0 Å². The third-order valence-corrected chi connectivity index (χ3v) is 7.77. The van der Waals surface area contributed by atoms with Crippen LogP contribution in [0.4, 0.5) is 0 Å². The Labute approximate surface area is 232 Å². The van der Waals surface area contributed by atoms with E-state index in [2.05, 4.69) is 48.1 Å². The fourth-order valence-corrected chi connectivity index (χ4v) is 5.42. The van der Waals surface area contributed by atoms with E-state index in [1.54, 1.807) is 28.2 Å². The summed E-state index contributed by atoms with van der Waals surface area (Å²) in [7, 11) is 0. The van der Waals surface area contributed by atoms with Crippen molar-refractivity contribution < 1.29 is 4.79 Å². The molecule has 202 valence electrons. The third-order valence-electron chi connectivity index (χ3n) is 6.88. The zero-order valence-electron chi connectivity index (χ0n) is 22.8. The maximum Gasteiger partial charge on any atom is 0.251 e. The Morgan fingerprint density at radius 2 is 1.87 bits per heavy atom. The molecule has 10 heteroatoms. The molecule has 9 nitrogen and oxygen atoms in total. The van der Waals surface area contributed by atoms with E-state index in [1.807, 2.05) is 52.8 Å². The van der Waals surface area contributed by atoms with E-state index in [-0.39, 0.29) is 11.9 Å². The fraction of sp³-hybridized carbons (Fsp3) is 0.345. The van der Waals surface area contributed by atoms with Crippen molar-refractivity contribution in [2.75, 3.05) is 19.6 Å². The Hall–Kier alpha value is -3.89. The fourth-order valence-electron chi connectivity index (χ4n) is 4.72. The number of carbonyl (C=O) groups is 1. The van der Waals surface area contributed by atoms with Gasteiger partial charge in [-0.3, -0.25) is 14.4 Å². The van der Waals surface area contributed by atoms with Crippen molar-refractivity contribution in [2.24, 2.45) is 0 Å². The quantitative estimate of drug-likeness (QED) is 0.245. The number of hydrogen-bond acceptors (Lipinski definition) is 7. The van der Waals surface area contributed by atoms with Gasteiger partial charge in [-0.15, -0.1) is 11.3 Å². The van der Waals surface area contributed by atoms with Crippen molar-refractivity contribution in [2.45, 2.75) is 46.7 Å². The first-order chi connectivity index (χ1) is 19.0. The van der Waals surface area contributed by atoms with E-state index < -0.39 is 0 Å². The number of aromatic nitrogens is 6. The van der Waals surface area contributed by atoms with Gasteiger partial charge in [-0.25, -0.2) is 14.5 Å². The van der Waals surface area contributed by atoms with Crippen LogP contribution in [0.2, 0.25) is 0 Å². The number of likely N-dealkylation sites (N-methyl/N-ethyl adjacent to an activating group) is 1. The summed E-state index contributed by atoms with van der Waals surface area (Å²) < 4.78 is 3.64. The van der Waals surface area contributed by atoms with Gasteiger partial charge in [0.05, 0.1) is 39.9 Å². The van der Waals surface area contributed by atoms with Gasteiger partial charge in [0.25, 0.3) is 5.91 Å². The number of pyridine rings is 1. The highest BCUT2D eigenvalue weighted by atomic mass is 32.1. The second-order valence-corrected chi connectivity index (χ2v) is 10.5. The number of hydrogen-bond donors (Lipinski definition) is 1. The molecule has 0 saturated carbocycles. The van der Waals surface area contributed by atoms with Gasteiger partial charge in [-0.1, -0.05) is 26.8 Å². The Morgan fingerprint density at radius 3 is 2.62 bits per heavy atom. The van der Waals surface area contributed by atoms with E-state index >= 15 is 0 Å². The molecule has 5 aromatic heterocycles. The number of aryl methyl sites for hydroxylation is 1. The summed E-state index contributed by atoms with van der Waals surface area (Å²) in [4.78, 5) is 26.7. The molecule has 0 aliphatic carbocycles. The number of carbonyl (C=O) groups excluding carboxylic acids is 1. The normalized spacial score (nSPS) is 12.3. The molecule has 5 rings (SSSR count). The molecule has 0 saturated heterocycles. The van der Waals surface area contributed by atoms with Crippen LogP contribution in [0.3, 0.4) is 0 Å². The lowest BCUT2D eigenvalue weighted by atomic mass is 10.1. The predicted octanol–water partition coefficient (Wildman–Crippen LogP) is 5.25. The lowest BCUT2D eigenvalue weighted by Crippen LogP contribution is -2.42. The molecule has 0 bridgehead atoms. The average molecular weight is 543 g/mol. The summed E-state index contributed by atoms with van der Waals surface area (Å²) in [5.41, 5.74) is 5.06.